The van der Waals surface area contributed by atoms with E-state index in [0.29, 0.717) is 19.0 Å². The molecular weight excluding hydrogens is 328 g/mol. The molecule has 1 aliphatic rings. The van der Waals surface area contributed by atoms with Crippen molar-refractivity contribution >= 4 is 17.6 Å². The van der Waals surface area contributed by atoms with Crippen LogP contribution in [0.25, 0.3) is 0 Å². The fourth-order valence-electron chi connectivity index (χ4n) is 2.65. The molecule has 2 N–H and O–H groups in total. The van der Waals surface area contributed by atoms with Crippen molar-refractivity contribution in [3.8, 4) is 0 Å². The molecule has 1 fully saturated rings. The molecule has 0 bridgehead atoms. The maximum Gasteiger partial charge on any atom is 0.314 e. The second-order valence-corrected chi connectivity index (χ2v) is 5.67. The molecule has 1 saturated heterocycles. The van der Waals surface area contributed by atoms with E-state index in [9.17, 15) is 9.59 Å². The van der Waals surface area contributed by atoms with Gasteiger partial charge in [-0.05, 0) is 19.1 Å². The molecule has 2 amide bonds. The van der Waals surface area contributed by atoms with Crippen LogP contribution in [0.15, 0.2) is 33.4 Å². The number of aryl methyl sites for hydroxylation is 1. The molecule has 0 spiro atoms. The van der Waals surface area contributed by atoms with Gasteiger partial charge in [-0.15, -0.1) is 0 Å². The summed E-state index contributed by atoms with van der Waals surface area (Å²) in [5, 5.41) is 8.65. The van der Waals surface area contributed by atoms with Gasteiger partial charge in [0.05, 0.1) is 25.5 Å². The van der Waals surface area contributed by atoms with E-state index >= 15 is 0 Å². The first-order valence-corrected chi connectivity index (χ1v) is 8.01. The molecule has 0 aliphatic carbocycles. The van der Waals surface area contributed by atoms with Gasteiger partial charge in [0.25, 0.3) is 0 Å². The van der Waals surface area contributed by atoms with Crippen molar-refractivity contribution in [3.05, 3.63) is 36.0 Å². The maximum atomic E-state index is 12.1. The van der Waals surface area contributed by atoms with Crippen molar-refractivity contribution in [2.24, 2.45) is 0 Å². The number of rotatable bonds is 5. The average Bonchev–Trinajstić information content (AvgIpc) is 3.28. The SMILES string of the molecule is Cc1cc(NC(=O)C(=O)NCC(c2ccco2)N2CCOCC2)no1. The highest BCUT2D eigenvalue weighted by Gasteiger charge is 2.26. The first-order chi connectivity index (χ1) is 12.1. The van der Waals surface area contributed by atoms with Gasteiger partial charge in [-0.2, -0.15) is 0 Å². The van der Waals surface area contributed by atoms with Gasteiger partial charge in [-0.1, -0.05) is 5.16 Å². The van der Waals surface area contributed by atoms with E-state index in [1.54, 1.807) is 19.3 Å². The molecule has 134 valence electrons. The van der Waals surface area contributed by atoms with Crippen LogP contribution in [0.5, 0.6) is 0 Å². The Morgan fingerprint density at radius 3 is 2.76 bits per heavy atom. The van der Waals surface area contributed by atoms with Crippen LogP contribution in [0.2, 0.25) is 0 Å². The minimum Gasteiger partial charge on any atom is -0.468 e. The number of amides is 2. The molecule has 0 saturated carbocycles. The van der Waals surface area contributed by atoms with Gasteiger partial charge in [0.2, 0.25) is 0 Å². The summed E-state index contributed by atoms with van der Waals surface area (Å²) < 4.78 is 15.7. The first-order valence-electron chi connectivity index (χ1n) is 8.01. The number of anilines is 1. The maximum absolute atomic E-state index is 12.1. The molecule has 3 heterocycles. The second kappa shape index (κ2) is 7.95. The summed E-state index contributed by atoms with van der Waals surface area (Å²) in [5.74, 6) is -0.0667. The highest BCUT2D eigenvalue weighted by Crippen LogP contribution is 2.21. The summed E-state index contributed by atoms with van der Waals surface area (Å²) in [5.41, 5.74) is 0. The molecular formula is C16H20N4O5. The van der Waals surface area contributed by atoms with Crippen molar-refractivity contribution in [3.63, 3.8) is 0 Å². The molecule has 25 heavy (non-hydrogen) atoms. The van der Waals surface area contributed by atoms with Crippen molar-refractivity contribution in [2.45, 2.75) is 13.0 Å². The van der Waals surface area contributed by atoms with E-state index in [1.807, 2.05) is 6.07 Å². The zero-order valence-electron chi connectivity index (χ0n) is 13.9. The van der Waals surface area contributed by atoms with Crippen LogP contribution >= 0.6 is 0 Å². The van der Waals surface area contributed by atoms with Crippen molar-refractivity contribution in [1.29, 1.82) is 0 Å². The van der Waals surface area contributed by atoms with Crippen LogP contribution in [0.4, 0.5) is 5.82 Å². The lowest BCUT2D eigenvalue weighted by atomic mass is 10.1. The second-order valence-electron chi connectivity index (χ2n) is 5.67. The largest absolute Gasteiger partial charge is 0.468 e. The van der Waals surface area contributed by atoms with E-state index in [4.69, 9.17) is 13.7 Å². The van der Waals surface area contributed by atoms with Crippen molar-refractivity contribution in [1.82, 2.24) is 15.4 Å². The Morgan fingerprint density at radius 1 is 1.32 bits per heavy atom. The van der Waals surface area contributed by atoms with Gasteiger partial charge in [0.1, 0.15) is 11.5 Å². The Bertz CT molecular complexity index is 706. The Balaban J connectivity index is 1.58. The van der Waals surface area contributed by atoms with Crippen LogP contribution < -0.4 is 10.6 Å². The third kappa shape index (κ3) is 4.46. The summed E-state index contributed by atoms with van der Waals surface area (Å²) in [7, 11) is 0. The van der Waals surface area contributed by atoms with Crippen LogP contribution in [0.3, 0.4) is 0 Å². The lowest BCUT2D eigenvalue weighted by Gasteiger charge is -2.33. The smallest absolute Gasteiger partial charge is 0.314 e. The van der Waals surface area contributed by atoms with Crippen LogP contribution in [-0.2, 0) is 14.3 Å². The number of carbonyl (C=O) groups excluding carboxylic acids is 2. The molecule has 2 aromatic rings. The van der Waals surface area contributed by atoms with Crippen LogP contribution in [-0.4, -0.2) is 54.7 Å². The minimum absolute atomic E-state index is 0.162. The van der Waals surface area contributed by atoms with Gasteiger partial charge in [-0.3, -0.25) is 19.8 Å². The molecule has 9 nitrogen and oxygen atoms in total. The topological polar surface area (TPSA) is 110 Å². The molecule has 3 rings (SSSR count). The van der Waals surface area contributed by atoms with E-state index in [2.05, 4.69) is 20.7 Å². The number of carbonyl (C=O) groups is 2. The number of hydrogen-bond donors (Lipinski definition) is 2. The Morgan fingerprint density at radius 2 is 2.12 bits per heavy atom. The van der Waals surface area contributed by atoms with Gasteiger partial charge in [-0.25, -0.2) is 0 Å². The number of aromatic nitrogens is 1. The predicted molar refractivity (Wildman–Crippen MR) is 86.7 cm³/mol. The van der Waals surface area contributed by atoms with E-state index < -0.39 is 11.8 Å². The van der Waals surface area contributed by atoms with Crippen molar-refractivity contribution in [2.75, 3.05) is 38.2 Å². The molecule has 0 aromatic carbocycles. The van der Waals surface area contributed by atoms with Gasteiger partial charge >= 0.3 is 11.8 Å². The van der Waals surface area contributed by atoms with Gasteiger partial charge in [0, 0.05) is 25.7 Å². The molecule has 2 aromatic heterocycles. The lowest BCUT2D eigenvalue weighted by molar-refractivity contribution is -0.136. The third-order valence-electron chi connectivity index (χ3n) is 3.89. The fraction of sp³-hybridized carbons (Fsp3) is 0.438. The monoisotopic (exact) mass is 348 g/mol. The molecule has 1 atom stereocenters. The quantitative estimate of drug-likeness (QED) is 0.766. The number of hydrogen-bond acceptors (Lipinski definition) is 7. The van der Waals surface area contributed by atoms with Crippen molar-refractivity contribution < 1.29 is 23.3 Å². The third-order valence-corrected chi connectivity index (χ3v) is 3.89. The van der Waals surface area contributed by atoms with Crippen LogP contribution in [0, 0.1) is 6.92 Å². The Hall–Kier alpha value is -2.65. The number of furan rings is 1. The van der Waals surface area contributed by atoms with E-state index in [1.165, 1.54) is 6.07 Å². The first kappa shape index (κ1) is 17.2. The number of morpholine rings is 1. The number of ether oxygens (including phenoxy) is 1. The lowest BCUT2D eigenvalue weighted by Crippen LogP contribution is -2.45. The summed E-state index contributed by atoms with van der Waals surface area (Å²) in [6, 6.07) is 5.02. The van der Waals surface area contributed by atoms with Crippen LogP contribution in [0.1, 0.15) is 17.6 Å². The molecule has 1 unspecified atom stereocenters. The summed E-state index contributed by atoms with van der Waals surface area (Å²) in [4.78, 5) is 26.1. The molecule has 9 heteroatoms. The van der Waals surface area contributed by atoms with E-state index in [0.717, 1.165) is 18.8 Å². The highest BCUT2D eigenvalue weighted by atomic mass is 16.5. The number of nitrogens with zero attached hydrogens (tertiary/aromatic N) is 2. The van der Waals surface area contributed by atoms with Gasteiger partial charge < -0.3 is 19.0 Å². The predicted octanol–water partition coefficient (Wildman–Crippen LogP) is 0.704. The zero-order valence-corrected chi connectivity index (χ0v) is 13.9. The zero-order chi connectivity index (χ0) is 17.6. The minimum atomic E-state index is -0.798. The Kier molecular flexibility index (Phi) is 5.46. The average molecular weight is 348 g/mol. The molecule has 0 radical (unpaired) electrons. The normalized spacial score (nSPS) is 16.4. The standard InChI is InChI=1S/C16H20N4O5/c1-11-9-14(19-25-11)18-16(22)15(21)17-10-12(13-3-2-6-24-13)20-4-7-23-8-5-20/h2-3,6,9,12H,4-5,7-8,10H2,1H3,(H,17,21)(H,18,19,22). The van der Waals surface area contributed by atoms with Gasteiger partial charge in [0.15, 0.2) is 5.82 Å². The molecule has 1 aliphatic heterocycles. The Labute approximate surface area is 144 Å². The summed E-state index contributed by atoms with van der Waals surface area (Å²) in [6.07, 6.45) is 1.59. The summed E-state index contributed by atoms with van der Waals surface area (Å²) in [6.45, 7) is 4.64. The summed E-state index contributed by atoms with van der Waals surface area (Å²) >= 11 is 0. The fourth-order valence-corrected chi connectivity index (χ4v) is 2.65. The highest BCUT2D eigenvalue weighted by molar-refractivity contribution is 6.39. The number of nitrogens with one attached hydrogen (secondary N) is 2. The van der Waals surface area contributed by atoms with E-state index in [-0.39, 0.29) is 18.4 Å².